The van der Waals surface area contributed by atoms with Gasteiger partial charge in [-0.1, -0.05) is 36.4 Å². The molecule has 0 spiro atoms. The maximum Gasteiger partial charge on any atom is 0.115 e. The lowest BCUT2D eigenvalue weighted by atomic mass is 10.0. The van der Waals surface area contributed by atoms with Gasteiger partial charge in [0.2, 0.25) is 0 Å². The highest BCUT2D eigenvalue weighted by Gasteiger charge is 2.28. The number of rotatable bonds is 3. The molecule has 0 bridgehead atoms. The molecule has 1 aromatic heterocycles. The molecular weight excluding hydrogens is 310 g/mol. The van der Waals surface area contributed by atoms with Crippen LogP contribution in [0.1, 0.15) is 35.3 Å². The van der Waals surface area contributed by atoms with E-state index >= 15 is 0 Å². The van der Waals surface area contributed by atoms with Gasteiger partial charge < -0.3 is 5.11 Å². The highest BCUT2D eigenvalue weighted by Crippen LogP contribution is 2.37. The average molecular weight is 333 g/mol. The first-order valence-corrected chi connectivity index (χ1v) is 8.68. The van der Waals surface area contributed by atoms with E-state index in [9.17, 15) is 5.11 Å². The molecule has 25 heavy (non-hydrogen) atoms. The Morgan fingerprint density at radius 3 is 2.64 bits per heavy atom. The fourth-order valence-corrected chi connectivity index (χ4v) is 3.72. The van der Waals surface area contributed by atoms with Crippen molar-refractivity contribution in [1.29, 1.82) is 0 Å². The predicted octanol–water partition coefficient (Wildman–Crippen LogP) is 4.12. The van der Waals surface area contributed by atoms with Crippen LogP contribution in [0.25, 0.3) is 11.3 Å². The van der Waals surface area contributed by atoms with E-state index in [1.807, 2.05) is 18.2 Å². The fourth-order valence-electron chi connectivity index (χ4n) is 3.72. The number of hydrogen-bond donors (Lipinski definition) is 1. The van der Waals surface area contributed by atoms with Gasteiger partial charge in [-0.3, -0.25) is 9.58 Å². The number of nitrogens with zero attached hydrogens (tertiary/aromatic N) is 3. The second kappa shape index (κ2) is 6.05. The van der Waals surface area contributed by atoms with E-state index < -0.39 is 0 Å². The predicted molar refractivity (Wildman–Crippen MR) is 99.5 cm³/mol. The Bertz CT molecular complexity index is 929. The minimum absolute atomic E-state index is 0.0533. The Morgan fingerprint density at radius 2 is 1.88 bits per heavy atom. The maximum absolute atomic E-state index is 9.85. The Kier molecular flexibility index (Phi) is 3.85. The summed E-state index contributed by atoms with van der Waals surface area (Å²) in [6, 6.07) is 16.0. The minimum Gasteiger partial charge on any atom is -0.508 e. The van der Waals surface area contributed by atoms with Crippen LogP contribution in [0.2, 0.25) is 0 Å². The molecule has 1 aliphatic heterocycles. The van der Waals surface area contributed by atoms with E-state index in [2.05, 4.69) is 54.7 Å². The zero-order valence-electron chi connectivity index (χ0n) is 14.9. The van der Waals surface area contributed by atoms with Crippen LogP contribution in [0.3, 0.4) is 0 Å². The summed E-state index contributed by atoms with van der Waals surface area (Å²) < 4.78 is 2.13. The van der Waals surface area contributed by atoms with E-state index in [0.717, 1.165) is 24.3 Å². The lowest BCUT2D eigenvalue weighted by Gasteiger charge is -2.19. The highest BCUT2D eigenvalue weighted by molar-refractivity contribution is 5.69. The summed E-state index contributed by atoms with van der Waals surface area (Å²) in [6.45, 7) is 6.10. The van der Waals surface area contributed by atoms with Crippen molar-refractivity contribution in [3.63, 3.8) is 0 Å². The topological polar surface area (TPSA) is 41.3 Å². The molecule has 0 amide bonds. The van der Waals surface area contributed by atoms with E-state index in [1.54, 1.807) is 6.07 Å². The molecule has 2 aromatic carbocycles. The molecule has 0 radical (unpaired) electrons. The largest absolute Gasteiger partial charge is 0.508 e. The van der Waals surface area contributed by atoms with Crippen molar-refractivity contribution in [2.24, 2.45) is 0 Å². The smallest absolute Gasteiger partial charge is 0.115 e. The first-order valence-electron chi connectivity index (χ1n) is 8.68. The molecule has 1 aliphatic rings. The van der Waals surface area contributed by atoms with Crippen molar-refractivity contribution < 1.29 is 5.11 Å². The van der Waals surface area contributed by atoms with Crippen molar-refractivity contribution in [2.75, 3.05) is 7.05 Å². The second-order valence-electron chi connectivity index (χ2n) is 6.98. The van der Waals surface area contributed by atoms with Gasteiger partial charge in [0.25, 0.3) is 0 Å². The Balaban J connectivity index is 1.89. The molecule has 1 N–H and O–H groups in total. The van der Waals surface area contributed by atoms with Gasteiger partial charge in [0.15, 0.2) is 0 Å². The van der Waals surface area contributed by atoms with Gasteiger partial charge in [-0.15, -0.1) is 0 Å². The van der Waals surface area contributed by atoms with E-state index in [4.69, 9.17) is 5.10 Å². The molecule has 2 heterocycles. The molecule has 1 unspecified atom stereocenters. The molecular formula is C21H23N3O. The number of aromatic nitrogens is 2. The van der Waals surface area contributed by atoms with Crippen molar-refractivity contribution in [1.82, 2.24) is 14.7 Å². The summed E-state index contributed by atoms with van der Waals surface area (Å²) in [5, 5.41) is 14.8. The molecule has 4 rings (SSSR count). The summed E-state index contributed by atoms with van der Waals surface area (Å²) in [6.07, 6.45) is 0. The van der Waals surface area contributed by atoms with Crippen molar-refractivity contribution in [2.45, 2.75) is 33.0 Å². The molecule has 0 saturated heterocycles. The Labute approximate surface area is 148 Å². The van der Waals surface area contributed by atoms with Crippen LogP contribution in [0.15, 0.2) is 48.5 Å². The number of phenols is 1. The fraction of sp³-hybridized carbons (Fsp3) is 0.286. The molecule has 4 nitrogen and oxygen atoms in total. The van der Waals surface area contributed by atoms with E-state index in [0.29, 0.717) is 5.75 Å². The Morgan fingerprint density at radius 1 is 1.08 bits per heavy atom. The van der Waals surface area contributed by atoms with Gasteiger partial charge >= 0.3 is 0 Å². The highest BCUT2D eigenvalue weighted by atomic mass is 16.3. The van der Waals surface area contributed by atoms with Gasteiger partial charge in [0, 0.05) is 24.2 Å². The lowest BCUT2D eigenvalue weighted by molar-refractivity contribution is 0.344. The summed E-state index contributed by atoms with van der Waals surface area (Å²) in [7, 11) is 2.13. The SMILES string of the molecule is Cc1ccccc1-c1c2c(nn1C(C)c1cccc(O)c1)CN(C)C2. The molecule has 0 fully saturated rings. The summed E-state index contributed by atoms with van der Waals surface area (Å²) in [4.78, 5) is 2.29. The van der Waals surface area contributed by atoms with Crippen LogP contribution in [-0.2, 0) is 13.1 Å². The van der Waals surface area contributed by atoms with Gasteiger partial charge in [-0.05, 0) is 44.2 Å². The zero-order valence-corrected chi connectivity index (χ0v) is 14.9. The molecule has 0 saturated carbocycles. The molecule has 0 aliphatic carbocycles. The molecule has 128 valence electrons. The standard InChI is InChI=1S/C21H23N3O/c1-14-7-4-5-10-18(14)21-19-12-23(3)13-20(19)22-24(21)15(2)16-8-6-9-17(25)11-16/h4-11,15,25H,12-13H2,1-3H3. The summed E-state index contributed by atoms with van der Waals surface area (Å²) >= 11 is 0. The number of aromatic hydroxyl groups is 1. The van der Waals surface area contributed by atoms with E-state index in [1.165, 1.54) is 22.4 Å². The van der Waals surface area contributed by atoms with Crippen molar-refractivity contribution in [3.8, 4) is 17.0 Å². The van der Waals surface area contributed by atoms with Gasteiger partial charge in [-0.2, -0.15) is 5.10 Å². The number of phenolic OH excluding ortho intramolecular Hbond substituents is 1. The van der Waals surface area contributed by atoms with Gasteiger partial charge in [-0.25, -0.2) is 0 Å². The first kappa shape index (κ1) is 15.9. The van der Waals surface area contributed by atoms with Gasteiger partial charge in [0.05, 0.1) is 17.4 Å². The third kappa shape index (κ3) is 2.72. The number of aryl methyl sites for hydroxylation is 1. The molecule has 3 aromatic rings. The maximum atomic E-state index is 9.85. The zero-order chi connectivity index (χ0) is 17.6. The van der Waals surface area contributed by atoms with Crippen LogP contribution >= 0.6 is 0 Å². The normalized spacial score (nSPS) is 15.3. The molecule has 4 heteroatoms. The Hall–Kier alpha value is -2.59. The second-order valence-corrected chi connectivity index (χ2v) is 6.98. The number of benzene rings is 2. The monoisotopic (exact) mass is 333 g/mol. The van der Waals surface area contributed by atoms with E-state index in [-0.39, 0.29) is 6.04 Å². The van der Waals surface area contributed by atoms with Crippen molar-refractivity contribution >= 4 is 0 Å². The number of fused-ring (bicyclic) bond motifs is 1. The summed E-state index contributed by atoms with van der Waals surface area (Å²) in [5.74, 6) is 0.293. The minimum atomic E-state index is 0.0533. The average Bonchev–Trinajstić information content (AvgIpc) is 3.11. The summed E-state index contributed by atoms with van der Waals surface area (Å²) in [5.41, 5.74) is 7.23. The van der Waals surface area contributed by atoms with Crippen LogP contribution in [0, 0.1) is 6.92 Å². The van der Waals surface area contributed by atoms with Gasteiger partial charge in [0.1, 0.15) is 5.75 Å². The van der Waals surface area contributed by atoms with Crippen LogP contribution in [0.5, 0.6) is 5.75 Å². The lowest BCUT2D eigenvalue weighted by Crippen LogP contribution is -2.15. The molecule has 1 atom stereocenters. The van der Waals surface area contributed by atoms with Crippen molar-refractivity contribution in [3.05, 3.63) is 70.9 Å². The first-order chi connectivity index (χ1) is 12.0. The van der Waals surface area contributed by atoms with Crippen LogP contribution < -0.4 is 0 Å². The quantitative estimate of drug-likeness (QED) is 0.784. The third-order valence-electron chi connectivity index (χ3n) is 5.06. The van der Waals surface area contributed by atoms with Crippen LogP contribution in [0.4, 0.5) is 0 Å². The van der Waals surface area contributed by atoms with Crippen LogP contribution in [-0.4, -0.2) is 26.8 Å². The number of hydrogen-bond acceptors (Lipinski definition) is 3. The third-order valence-corrected chi connectivity index (χ3v) is 5.06.